The van der Waals surface area contributed by atoms with Crippen molar-refractivity contribution in [1.29, 1.82) is 0 Å². The summed E-state index contributed by atoms with van der Waals surface area (Å²) in [6.45, 7) is 0.249. The largest absolute Gasteiger partial charge is 0.359 e. The summed E-state index contributed by atoms with van der Waals surface area (Å²) in [7, 11) is 1.02. The second-order valence-electron chi connectivity index (χ2n) is 7.30. The lowest BCUT2D eigenvalue weighted by molar-refractivity contribution is -0.0586. The molecule has 5 aromatic rings. The van der Waals surface area contributed by atoms with E-state index in [0.717, 1.165) is 5.56 Å². The normalized spacial score (nSPS) is 13.0. The molecule has 0 bridgehead atoms. The quantitative estimate of drug-likeness (QED) is 0.267. The highest BCUT2D eigenvalue weighted by Gasteiger charge is 2.22. The predicted octanol–water partition coefficient (Wildman–Crippen LogP) is 7.68. The third-order valence-electron chi connectivity index (χ3n) is 5.48. The number of ether oxygens (including phenoxy) is 2. The molecule has 0 aliphatic heterocycles. The Labute approximate surface area is 177 Å². The van der Waals surface area contributed by atoms with Gasteiger partial charge in [-0.3, -0.25) is 0 Å². The molecule has 1 heterocycles. The Balaban J connectivity index is 1.85. The summed E-state index contributed by atoms with van der Waals surface area (Å²) >= 11 is 0. The molecule has 1 aromatic heterocycles. The van der Waals surface area contributed by atoms with Gasteiger partial charge in [-0.25, -0.2) is 0 Å². The van der Waals surface area contributed by atoms with Gasteiger partial charge in [0.2, 0.25) is 0 Å². The van der Waals surface area contributed by atoms with E-state index in [2.05, 4.69) is 97.1 Å². The smallest absolute Gasteiger partial charge is 0.147 e. The summed E-state index contributed by atoms with van der Waals surface area (Å²) in [6, 6.07) is 36.7. The Morgan fingerprint density at radius 2 is 1.37 bits per heavy atom. The van der Waals surface area contributed by atoms with Crippen LogP contribution in [0.3, 0.4) is 0 Å². The molecule has 3 heteroatoms. The molecule has 0 amide bonds. The zero-order valence-electron chi connectivity index (χ0n) is 16.9. The van der Waals surface area contributed by atoms with E-state index >= 15 is 0 Å². The lowest BCUT2D eigenvalue weighted by Gasteiger charge is -2.20. The molecule has 4 aromatic carbocycles. The minimum Gasteiger partial charge on any atom is -0.359 e. The van der Waals surface area contributed by atoms with Gasteiger partial charge in [-0.2, -0.15) is 0 Å². The van der Waals surface area contributed by atoms with Crippen LogP contribution in [0.4, 0.5) is 0 Å². The van der Waals surface area contributed by atoms with Crippen LogP contribution in [0, 0.1) is 0 Å². The molecule has 5 rings (SSSR count). The molecule has 0 spiro atoms. The van der Waals surface area contributed by atoms with E-state index in [4.69, 9.17) is 9.47 Å². The monoisotopic (exact) mass is 410 g/mol. The molecule has 0 saturated carbocycles. The molecule has 0 N–H and O–H groups in total. The Morgan fingerprint density at radius 1 is 0.700 bits per heavy atom. The first-order chi connectivity index (χ1) is 14.9. The Hall–Kier alpha value is -2.90. The third-order valence-corrected chi connectivity index (χ3v) is 8.11. The van der Waals surface area contributed by atoms with E-state index in [1.165, 1.54) is 31.9 Å². The molecular formula is C27H23O2P. The van der Waals surface area contributed by atoms with E-state index in [0.29, 0.717) is 0 Å². The van der Waals surface area contributed by atoms with Gasteiger partial charge >= 0.3 is 0 Å². The van der Waals surface area contributed by atoms with Gasteiger partial charge in [0.25, 0.3) is 0 Å². The van der Waals surface area contributed by atoms with Crippen molar-refractivity contribution < 1.29 is 9.47 Å². The third kappa shape index (κ3) is 3.34. The molecule has 1 unspecified atom stereocenters. The van der Waals surface area contributed by atoms with Gasteiger partial charge in [0.05, 0.1) is 0 Å². The number of hydrogen-bond donors (Lipinski definition) is 0. The van der Waals surface area contributed by atoms with Crippen molar-refractivity contribution in [1.82, 2.24) is 0 Å². The maximum Gasteiger partial charge on any atom is 0.147 e. The molecular weight excluding hydrogens is 387 g/mol. The first kappa shape index (κ1) is 19.1. The predicted molar refractivity (Wildman–Crippen MR) is 127 cm³/mol. The molecule has 2 atom stereocenters. The Bertz CT molecular complexity index is 1280. The van der Waals surface area contributed by atoms with Gasteiger partial charge in [-0.1, -0.05) is 111 Å². The number of fused-ring (bicyclic) bond motifs is 3. The highest BCUT2D eigenvalue weighted by atomic mass is 31.1. The van der Waals surface area contributed by atoms with E-state index in [1.807, 2.05) is 6.07 Å². The number of rotatable bonds is 6. The first-order valence-electron chi connectivity index (χ1n) is 10.1. The minimum atomic E-state index is -0.651. The van der Waals surface area contributed by atoms with E-state index < -0.39 is 7.53 Å². The van der Waals surface area contributed by atoms with Gasteiger partial charge in [0.1, 0.15) is 12.9 Å². The summed E-state index contributed by atoms with van der Waals surface area (Å²) in [5.41, 5.74) is 2.36. The molecule has 0 saturated heterocycles. The number of benzene rings is 4. The number of methoxy groups -OCH3 is 1. The SMILES string of the molecule is COCO[C@H](c1ccccc1)c1cccc2c3ccccc3p(-c3ccccc3)c12. The Kier molecular flexibility index (Phi) is 5.38. The summed E-state index contributed by atoms with van der Waals surface area (Å²) in [6.07, 6.45) is -0.177. The zero-order chi connectivity index (χ0) is 20.3. The standard InChI is InChI=1S/C27H23O2P/c1-28-19-29-26(20-11-4-2-5-12-20)24-17-10-16-23-22-15-8-9-18-25(22)30(27(23)24)21-13-6-3-7-14-21/h2-18,26H,19H2,1H3/t26-,30?/m1/s1. The van der Waals surface area contributed by atoms with E-state index in [1.54, 1.807) is 7.11 Å². The zero-order valence-corrected chi connectivity index (χ0v) is 17.8. The van der Waals surface area contributed by atoms with Crippen molar-refractivity contribution in [3.05, 3.63) is 114 Å². The van der Waals surface area contributed by atoms with E-state index in [9.17, 15) is 0 Å². The lowest BCUT2D eigenvalue weighted by atomic mass is 9.99. The van der Waals surface area contributed by atoms with Crippen LogP contribution < -0.4 is 0 Å². The van der Waals surface area contributed by atoms with Gasteiger partial charge in [0, 0.05) is 17.3 Å². The molecule has 148 valence electrons. The van der Waals surface area contributed by atoms with Gasteiger partial charge in [-0.05, 0) is 27.2 Å². The Morgan fingerprint density at radius 3 is 2.13 bits per heavy atom. The average Bonchev–Trinajstić information content (AvgIpc) is 3.16. The van der Waals surface area contributed by atoms with Crippen LogP contribution in [-0.2, 0) is 9.47 Å². The molecule has 2 nitrogen and oxygen atoms in total. The second kappa shape index (κ2) is 8.45. The summed E-state index contributed by atoms with van der Waals surface area (Å²) in [4.78, 5) is 0. The van der Waals surface area contributed by atoms with Crippen molar-refractivity contribution >= 4 is 28.5 Å². The first-order valence-corrected chi connectivity index (χ1v) is 11.5. The molecule has 0 radical (unpaired) electrons. The molecule has 0 aliphatic carbocycles. The maximum absolute atomic E-state index is 6.26. The average molecular weight is 410 g/mol. The van der Waals surface area contributed by atoms with Crippen molar-refractivity contribution in [3.8, 4) is 5.30 Å². The topological polar surface area (TPSA) is 18.5 Å². The van der Waals surface area contributed by atoms with Crippen LogP contribution >= 0.6 is 7.53 Å². The van der Waals surface area contributed by atoms with Gasteiger partial charge < -0.3 is 9.47 Å². The molecule has 30 heavy (non-hydrogen) atoms. The fraction of sp³-hybridized carbons (Fsp3) is 0.111. The summed E-state index contributed by atoms with van der Waals surface area (Å²) in [5.74, 6) is 0. The maximum atomic E-state index is 6.26. The van der Waals surface area contributed by atoms with Gasteiger partial charge in [0.15, 0.2) is 0 Å². The minimum absolute atomic E-state index is 0.177. The van der Waals surface area contributed by atoms with Crippen LogP contribution in [0.1, 0.15) is 17.2 Å². The fourth-order valence-electron chi connectivity index (χ4n) is 4.23. The van der Waals surface area contributed by atoms with Crippen LogP contribution in [0.25, 0.3) is 26.3 Å². The van der Waals surface area contributed by atoms with Crippen LogP contribution in [0.5, 0.6) is 0 Å². The molecule has 0 aliphatic rings. The fourth-order valence-corrected chi connectivity index (χ4v) is 7.04. The van der Waals surface area contributed by atoms with Gasteiger partial charge in [-0.15, -0.1) is 0 Å². The van der Waals surface area contributed by atoms with E-state index in [-0.39, 0.29) is 12.9 Å². The summed E-state index contributed by atoms with van der Waals surface area (Å²) in [5, 5.41) is 6.83. The van der Waals surface area contributed by atoms with Crippen molar-refractivity contribution in [2.24, 2.45) is 0 Å². The second-order valence-corrected chi connectivity index (χ2v) is 9.41. The van der Waals surface area contributed by atoms with Crippen LogP contribution in [0.15, 0.2) is 103 Å². The highest BCUT2D eigenvalue weighted by molar-refractivity contribution is 7.68. The van der Waals surface area contributed by atoms with Crippen LogP contribution in [0.2, 0.25) is 0 Å². The molecule has 0 fully saturated rings. The van der Waals surface area contributed by atoms with Crippen molar-refractivity contribution in [2.45, 2.75) is 6.10 Å². The summed E-state index contributed by atoms with van der Waals surface area (Å²) < 4.78 is 11.6. The lowest BCUT2D eigenvalue weighted by Crippen LogP contribution is -2.08. The van der Waals surface area contributed by atoms with Crippen molar-refractivity contribution in [2.75, 3.05) is 13.9 Å². The van der Waals surface area contributed by atoms with Crippen LogP contribution in [-0.4, -0.2) is 13.9 Å². The highest BCUT2D eigenvalue weighted by Crippen LogP contribution is 2.57. The number of hydrogen-bond acceptors (Lipinski definition) is 2. The van der Waals surface area contributed by atoms with Crippen molar-refractivity contribution in [3.63, 3.8) is 0 Å².